The molecule has 2 aromatic rings. The van der Waals surface area contributed by atoms with Crippen molar-refractivity contribution in [1.29, 1.82) is 0 Å². The second kappa shape index (κ2) is 6.87. The first kappa shape index (κ1) is 15.6. The number of benzene rings is 1. The molecule has 1 fully saturated rings. The first-order valence-electron chi connectivity index (χ1n) is 7.78. The summed E-state index contributed by atoms with van der Waals surface area (Å²) in [7, 11) is 0. The molecule has 2 heterocycles. The summed E-state index contributed by atoms with van der Waals surface area (Å²) in [6.07, 6.45) is 4.61. The molecule has 3 rings (SSSR count). The van der Waals surface area contributed by atoms with Crippen LogP contribution >= 0.6 is 0 Å². The molecule has 0 aliphatic carbocycles. The largest absolute Gasteiger partial charge is 0.481 e. The minimum absolute atomic E-state index is 0.236. The molecule has 1 aromatic carbocycles. The maximum atomic E-state index is 14.3. The number of carbonyl (C=O) groups is 1. The maximum absolute atomic E-state index is 14.3. The highest BCUT2D eigenvalue weighted by atomic mass is 19.1. The fraction of sp³-hybridized carbons (Fsp3) is 0.333. The molecule has 0 amide bonds. The Kier molecular flexibility index (Phi) is 4.67. The van der Waals surface area contributed by atoms with Gasteiger partial charge in [0.1, 0.15) is 5.82 Å². The van der Waals surface area contributed by atoms with Gasteiger partial charge in [-0.3, -0.25) is 14.7 Å². The summed E-state index contributed by atoms with van der Waals surface area (Å²) >= 11 is 0. The molecule has 0 radical (unpaired) electrons. The fourth-order valence-electron chi connectivity index (χ4n) is 3.23. The Bertz CT molecular complexity index is 670. The first-order valence-corrected chi connectivity index (χ1v) is 7.78. The minimum atomic E-state index is -0.742. The van der Waals surface area contributed by atoms with Crippen molar-refractivity contribution in [3.63, 3.8) is 0 Å². The summed E-state index contributed by atoms with van der Waals surface area (Å²) < 4.78 is 14.3. The van der Waals surface area contributed by atoms with E-state index < -0.39 is 5.97 Å². The van der Waals surface area contributed by atoms with E-state index in [0.717, 1.165) is 5.56 Å². The third-order valence-corrected chi connectivity index (χ3v) is 4.44. The van der Waals surface area contributed by atoms with Crippen LogP contribution in [0.25, 0.3) is 0 Å². The highest BCUT2D eigenvalue weighted by Gasteiger charge is 2.31. The van der Waals surface area contributed by atoms with Crippen LogP contribution < -0.4 is 0 Å². The normalized spacial score (nSPS) is 17.8. The lowest BCUT2D eigenvalue weighted by atomic mass is 9.91. The van der Waals surface area contributed by atoms with E-state index in [-0.39, 0.29) is 17.8 Å². The van der Waals surface area contributed by atoms with Crippen LogP contribution in [0.3, 0.4) is 0 Å². The third-order valence-electron chi connectivity index (χ3n) is 4.44. The summed E-state index contributed by atoms with van der Waals surface area (Å²) in [4.78, 5) is 17.4. The summed E-state index contributed by atoms with van der Waals surface area (Å²) in [5.74, 6) is -1.29. The molecule has 23 heavy (non-hydrogen) atoms. The van der Waals surface area contributed by atoms with Crippen molar-refractivity contribution in [2.75, 3.05) is 13.1 Å². The number of aliphatic carboxylic acids is 1. The van der Waals surface area contributed by atoms with Gasteiger partial charge in [0.25, 0.3) is 0 Å². The van der Waals surface area contributed by atoms with E-state index >= 15 is 0 Å². The Morgan fingerprint density at radius 2 is 1.96 bits per heavy atom. The molecule has 1 aromatic heterocycles. The highest BCUT2D eigenvalue weighted by molar-refractivity contribution is 5.70. The Balaban J connectivity index is 1.91. The van der Waals surface area contributed by atoms with Gasteiger partial charge in [0.2, 0.25) is 0 Å². The quantitative estimate of drug-likeness (QED) is 0.942. The second-order valence-corrected chi connectivity index (χ2v) is 5.86. The molecular weight excluding hydrogens is 295 g/mol. The van der Waals surface area contributed by atoms with Gasteiger partial charge < -0.3 is 5.11 Å². The molecule has 1 saturated heterocycles. The van der Waals surface area contributed by atoms with Crippen LogP contribution in [0, 0.1) is 11.7 Å². The number of likely N-dealkylation sites (tertiary alicyclic amines) is 1. The van der Waals surface area contributed by atoms with Crippen LogP contribution in [0.2, 0.25) is 0 Å². The number of pyridine rings is 1. The van der Waals surface area contributed by atoms with Crippen LogP contribution in [0.1, 0.15) is 30.0 Å². The molecule has 4 nitrogen and oxygen atoms in total. The summed E-state index contributed by atoms with van der Waals surface area (Å²) in [5.41, 5.74) is 1.53. The minimum Gasteiger partial charge on any atom is -0.481 e. The van der Waals surface area contributed by atoms with Crippen molar-refractivity contribution in [3.05, 3.63) is 65.7 Å². The van der Waals surface area contributed by atoms with Gasteiger partial charge in [-0.15, -0.1) is 0 Å². The van der Waals surface area contributed by atoms with Crippen molar-refractivity contribution in [1.82, 2.24) is 9.88 Å². The van der Waals surface area contributed by atoms with E-state index in [1.807, 2.05) is 18.2 Å². The van der Waals surface area contributed by atoms with E-state index in [1.165, 1.54) is 6.07 Å². The van der Waals surface area contributed by atoms with Crippen LogP contribution in [-0.4, -0.2) is 34.0 Å². The number of rotatable bonds is 4. The summed E-state index contributed by atoms with van der Waals surface area (Å²) in [6, 6.07) is 10.3. The van der Waals surface area contributed by atoms with Gasteiger partial charge in [-0.25, -0.2) is 4.39 Å². The molecule has 0 saturated carbocycles. The molecule has 5 heteroatoms. The van der Waals surface area contributed by atoms with Crippen molar-refractivity contribution in [2.24, 2.45) is 5.92 Å². The Morgan fingerprint density at radius 1 is 1.22 bits per heavy atom. The number of carboxylic acids is 1. The number of hydrogen-bond donors (Lipinski definition) is 1. The van der Waals surface area contributed by atoms with Crippen molar-refractivity contribution >= 4 is 5.97 Å². The average Bonchev–Trinajstić information content (AvgIpc) is 2.58. The Labute approximate surface area is 134 Å². The van der Waals surface area contributed by atoms with Crippen LogP contribution in [0.5, 0.6) is 0 Å². The molecule has 0 bridgehead atoms. The zero-order valence-corrected chi connectivity index (χ0v) is 12.7. The molecule has 1 unspecified atom stereocenters. The van der Waals surface area contributed by atoms with Gasteiger partial charge >= 0.3 is 5.97 Å². The predicted octanol–water partition coefficient (Wildman–Crippen LogP) is 3.11. The van der Waals surface area contributed by atoms with Crippen LogP contribution in [0.4, 0.5) is 4.39 Å². The SMILES string of the molecule is O=C(O)C1CCN(C(c2cccnc2)c2ccccc2F)CC1. The Morgan fingerprint density at radius 3 is 2.57 bits per heavy atom. The van der Waals surface area contributed by atoms with Gasteiger partial charge in [0, 0.05) is 18.0 Å². The zero-order chi connectivity index (χ0) is 16.2. The lowest BCUT2D eigenvalue weighted by Crippen LogP contribution is -2.39. The number of hydrogen-bond acceptors (Lipinski definition) is 3. The van der Waals surface area contributed by atoms with Crippen molar-refractivity contribution in [2.45, 2.75) is 18.9 Å². The van der Waals surface area contributed by atoms with Crippen molar-refractivity contribution in [3.8, 4) is 0 Å². The van der Waals surface area contributed by atoms with E-state index in [9.17, 15) is 9.18 Å². The number of carboxylic acid groups (broad SMARTS) is 1. The van der Waals surface area contributed by atoms with Gasteiger partial charge in [-0.2, -0.15) is 0 Å². The van der Waals surface area contributed by atoms with E-state index in [4.69, 9.17) is 5.11 Å². The van der Waals surface area contributed by atoms with Gasteiger partial charge in [-0.1, -0.05) is 24.3 Å². The van der Waals surface area contributed by atoms with Crippen LogP contribution in [0.15, 0.2) is 48.8 Å². The molecular formula is C18H19FN2O2. The maximum Gasteiger partial charge on any atom is 0.306 e. The monoisotopic (exact) mass is 314 g/mol. The van der Waals surface area contributed by atoms with Gasteiger partial charge in [0.15, 0.2) is 0 Å². The molecule has 0 spiro atoms. The number of aromatic nitrogens is 1. The third kappa shape index (κ3) is 3.40. The second-order valence-electron chi connectivity index (χ2n) is 5.86. The van der Waals surface area contributed by atoms with E-state index in [0.29, 0.717) is 31.5 Å². The molecule has 120 valence electrons. The fourth-order valence-corrected chi connectivity index (χ4v) is 3.23. The lowest BCUT2D eigenvalue weighted by molar-refractivity contribution is -0.143. The van der Waals surface area contributed by atoms with E-state index in [2.05, 4.69) is 9.88 Å². The van der Waals surface area contributed by atoms with Gasteiger partial charge in [-0.05, 0) is 43.6 Å². The highest BCUT2D eigenvalue weighted by Crippen LogP contribution is 2.33. The average molecular weight is 314 g/mol. The predicted molar refractivity (Wildman–Crippen MR) is 84.4 cm³/mol. The summed E-state index contributed by atoms with van der Waals surface area (Å²) in [6.45, 7) is 1.26. The van der Waals surface area contributed by atoms with E-state index in [1.54, 1.807) is 24.5 Å². The molecule has 1 atom stereocenters. The topological polar surface area (TPSA) is 53.4 Å². The molecule has 1 aliphatic rings. The number of piperidine rings is 1. The number of halogens is 1. The zero-order valence-electron chi connectivity index (χ0n) is 12.7. The molecule has 1 aliphatic heterocycles. The summed E-state index contributed by atoms with van der Waals surface area (Å²) in [5, 5.41) is 9.15. The number of nitrogens with zero attached hydrogens (tertiary/aromatic N) is 2. The standard InChI is InChI=1S/C18H19FN2O2/c19-16-6-2-1-5-15(16)17(14-4-3-9-20-12-14)21-10-7-13(8-11-21)18(22)23/h1-6,9,12-13,17H,7-8,10-11H2,(H,22,23). The smallest absolute Gasteiger partial charge is 0.306 e. The molecule has 1 N–H and O–H groups in total. The lowest BCUT2D eigenvalue weighted by Gasteiger charge is -2.37. The first-order chi connectivity index (χ1) is 11.2. The van der Waals surface area contributed by atoms with Crippen LogP contribution in [-0.2, 0) is 4.79 Å². The Hall–Kier alpha value is -2.27. The van der Waals surface area contributed by atoms with Crippen molar-refractivity contribution < 1.29 is 14.3 Å². The van der Waals surface area contributed by atoms with Gasteiger partial charge in [0.05, 0.1) is 12.0 Å².